The summed E-state index contributed by atoms with van der Waals surface area (Å²) in [6, 6.07) is 21.3. The minimum Gasteiger partial charge on any atom is -0.497 e. The normalized spacial score (nSPS) is 10.4. The molecule has 3 nitrogen and oxygen atoms in total. The monoisotopic (exact) mass is 291 g/mol. The Bertz CT molecular complexity index is 789. The van der Waals surface area contributed by atoms with E-state index in [4.69, 9.17) is 4.74 Å². The number of rotatable bonds is 4. The highest BCUT2D eigenvalue weighted by molar-refractivity contribution is 6.06. The molecule has 0 aliphatic rings. The van der Waals surface area contributed by atoms with Crippen LogP contribution in [0.15, 0.2) is 66.7 Å². The van der Waals surface area contributed by atoms with E-state index < -0.39 is 0 Å². The molecule has 1 N–H and O–H groups in total. The highest BCUT2D eigenvalue weighted by Crippen LogP contribution is 2.18. The van der Waals surface area contributed by atoms with Gasteiger partial charge >= 0.3 is 0 Å². The second kappa shape index (κ2) is 6.31. The first-order chi connectivity index (χ1) is 10.8. The molecule has 3 rings (SSSR count). The number of fused-ring (bicyclic) bond motifs is 1. The number of ether oxygens (including phenoxy) is 1. The predicted molar refractivity (Wildman–Crippen MR) is 88.1 cm³/mol. The van der Waals surface area contributed by atoms with E-state index in [1.807, 2.05) is 66.7 Å². The molecule has 0 fully saturated rings. The van der Waals surface area contributed by atoms with Crippen LogP contribution in [0, 0.1) is 0 Å². The number of methoxy groups -OCH3 is 1. The molecular weight excluding hydrogens is 274 g/mol. The molecule has 0 radical (unpaired) electrons. The number of nitrogens with one attached hydrogen (secondary N) is 1. The van der Waals surface area contributed by atoms with Crippen molar-refractivity contribution in [1.29, 1.82) is 0 Å². The summed E-state index contributed by atoms with van der Waals surface area (Å²) in [4.78, 5) is 12.4. The Balaban J connectivity index is 1.75. The van der Waals surface area contributed by atoms with E-state index in [9.17, 15) is 4.79 Å². The average Bonchev–Trinajstić information content (AvgIpc) is 2.59. The summed E-state index contributed by atoms with van der Waals surface area (Å²) in [6.45, 7) is 0.492. The van der Waals surface area contributed by atoms with Crippen molar-refractivity contribution in [3.8, 4) is 5.75 Å². The zero-order valence-corrected chi connectivity index (χ0v) is 12.4. The van der Waals surface area contributed by atoms with Crippen LogP contribution >= 0.6 is 0 Å². The maximum Gasteiger partial charge on any atom is 0.252 e. The van der Waals surface area contributed by atoms with Crippen LogP contribution in [0.4, 0.5) is 0 Å². The fourth-order valence-electron chi connectivity index (χ4n) is 2.44. The number of carbonyl (C=O) groups is 1. The highest BCUT2D eigenvalue weighted by Gasteiger charge is 2.09. The minimum absolute atomic E-state index is 0.0624. The quantitative estimate of drug-likeness (QED) is 0.794. The second-order valence-corrected chi connectivity index (χ2v) is 5.06. The van der Waals surface area contributed by atoms with E-state index in [1.54, 1.807) is 7.11 Å². The van der Waals surface area contributed by atoms with Gasteiger partial charge < -0.3 is 10.1 Å². The van der Waals surface area contributed by atoms with Crippen LogP contribution in [0.5, 0.6) is 5.75 Å². The Morgan fingerprint density at radius 1 is 0.955 bits per heavy atom. The Hall–Kier alpha value is -2.81. The lowest BCUT2D eigenvalue weighted by molar-refractivity contribution is 0.0952. The average molecular weight is 291 g/mol. The summed E-state index contributed by atoms with van der Waals surface area (Å²) >= 11 is 0. The van der Waals surface area contributed by atoms with Crippen molar-refractivity contribution in [2.75, 3.05) is 7.11 Å². The number of amides is 1. The molecule has 0 aliphatic carbocycles. The molecule has 0 aromatic heterocycles. The zero-order chi connectivity index (χ0) is 15.4. The molecule has 0 bridgehead atoms. The van der Waals surface area contributed by atoms with E-state index in [0.29, 0.717) is 12.1 Å². The maximum atomic E-state index is 12.4. The molecule has 0 atom stereocenters. The summed E-state index contributed by atoms with van der Waals surface area (Å²) < 4.78 is 5.12. The molecule has 0 heterocycles. The molecule has 0 aliphatic heterocycles. The fraction of sp³-hybridized carbons (Fsp3) is 0.105. The van der Waals surface area contributed by atoms with E-state index in [-0.39, 0.29) is 5.91 Å². The van der Waals surface area contributed by atoms with Crippen LogP contribution in [0.3, 0.4) is 0 Å². The number of benzene rings is 3. The van der Waals surface area contributed by atoms with Gasteiger partial charge in [-0.1, -0.05) is 48.5 Å². The van der Waals surface area contributed by atoms with Crippen LogP contribution in [-0.4, -0.2) is 13.0 Å². The van der Waals surface area contributed by atoms with Crippen LogP contribution in [0.2, 0.25) is 0 Å². The van der Waals surface area contributed by atoms with Gasteiger partial charge in [-0.2, -0.15) is 0 Å². The van der Waals surface area contributed by atoms with Crippen molar-refractivity contribution in [1.82, 2.24) is 5.32 Å². The predicted octanol–water partition coefficient (Wildman–Crippen LogP) is 3.78. The van der Waals surface area contributed by atoms with E-state index in [2.05, 4.69) is 5.32 Å². The van der Waals surface area contributed by atoms with Crippen molar-refractivity contribution in [3.63, 3.8) is 0 Å². The lowest BCUT2D eigenvalue weighted by Crippen LogP contribution is -2.22. The summed E-state index contributed by atoms with van der Waals surface area (Å²) in [7, 11) is 1.64. The summed E-state index contributed by atoms with van der Waals surface area (Å²) in [5.74, 6) is 0.747. The van der Waals surface area contributed by atoms with E-state index >= 15 is 0 Å². The van der Waals surface area contributed by atoms with Gasteiger partial charge in [-0.15, -0.1) is 0 Å². The minimum atomic E-state index is -0.0624. The maximum absolute atomic E-state index is 12.4. The van der Waals surface area contributed by atoms with Gasteiger partial charge in [0.25, 0.3) is 5.91 Å². The van der Waals surface area contributed by atoms with Crippen LogP contribution in [-0.2, 0) is 6.54 Å². The van der Waals surface area contributed by atoms with Crippen molar-refractivity contribution in [3.05, 3.63) is 77.9 Å². The number of hydrogen-bond donors (Lipinski definition) is 1. The van der Waals surface area contributed by atoms with Gasteiger partial charge in [-0.05, 0) is 34.5 Å². The van der Waals surface area contributed by atoms with Gasteiger partial charge in [0, 0.05) is 12.1 Å². The van der Waals surface area contributed by atoms with Crippen molar-refractivity contribution < 1.29 is 9.53 Å². The van der Waals surface area contributed by atoms with E-state index in [1.165, 1.54) is 0 Å². The topological polar surface area (TPSA) is 38.3 Å². The van der Waals surface area contributed by atoms with Gasteiger partial charge in [0.05, 0.1) is 7.11 Å². The van der Waals surface area contributed by atoms with Crippen LogP contribution in [0.25, 0.3) is 10.8 Å². The largest absolute Gasteiger partial charge is 0.497 e. The molecule has 0 saturated carbocycles. The van der Waals surface area contributed by atoms with Crippen molar-refractivity contribution >= 4 is 16.7 Å². The number of carbonyl (C=O) groups excluding carboxylic acids is 1. The Labute approximate surface area is 129 Å². The molecule has 22 heavy (non-hydrogen) atoms. The number of hydrogen-bond acceptors (Lipinski definition) is 2. The second-order valence-electron chi connectivity index (χ2n) is 5.06. The van der Waals surface area contributed by atoms with Gasteiger partial charge in [0.1, 0.15) is 5.75 Å². The molecule has 1 amide bonds. The molecule has 110 valence electrons. The molecule has 0 spiro atoms. The molecule has 0 saturated heterocycles. The SMILES string of the molecule is COc1ccc(CNC(=O)c2cccc3ccccc23)cc1. The summed E-state index contributed by atoms with van der Waals surface area (Å²) in [5, 5.41) is 5.00. The first-order valence-electron chi connectivity index (χ1n) is 7.17. The fourth-order valence-corrected chi connectivity index (χ4v) is 2.44. The highest BCUT2D eigenvalue weighted by atomic mass is 16.5. The molecule has 3 aromatic carbocycles. The van der Waals surface area contributed by atoms with Crippen molar-refractivity contribution in [2.24, 2.45) is 0 Å². The standard InChI is InChI=1S/C19H17NO2/c1-22-16-11-9-14(10-12-16)13-20-19(21)18-8-4-6-15-5-2-3-7-17(15)18/h2-12H,13H2,1H3,(H,20,21). The first kappa shape index (κ1) is 14.1. The third kappa shape index (κ3) is 2.93. The molecular formula is C19H17NO2. The van der Waals surface area contributed by atoms with Crippen LogP contribution in [0.1, 0.15) is 15.9 Å². The lowest BCUT2D eigenvalue weighted by atomic mass is 10.0. The smallest absolute Gasteiger partial charge is 0.252 e. The Kier molecular flexibility index (Phi) is 4.05. The summed E-state index contributed by atoms with van der Waals surface area (Å²) in [6.07, 6.45) is 0. The first-order valence-corrected chi connectivity index (χ1v) is 7.17. The zero-order valence-electron chi connectivity index (χ0n) is 12.4. The molecule has 3 heteroatoms. The van der Waals surface area contributed by atoms with Crippen molar-refractivity contribution in [2.45, 2.75) is 6.54 Å². The Morgan fingerprint density at radius 2 is 1.68 bits per heavy atom. The van der Waals surface area contributed by atoms with Gasteiger partial charge in [0.2, 0.25) is 0 Å². The summed E-state index contributed by atoms with van der Waals surface area (Å²) in [5.41, 5.74) is 1.74. The van der Waals surface area contributed by atoms with Gasteiger partial charge in [-0.25, -0.2) is 0 Å². The third-order valence-electron chi connectivity index (χ3n) is 3.65. The lowest BCUT2D eigenvalue weighted by Gasteiger charge is -2.08. The van der Waals surface area contributed by atoms with Gasteiger partial charge in [-0.3, -0.25) is 4.79 Å². The Morgan fingerprint density at radius 3 is 2.45 bits per heavy atom. The van der Waals surface area contributed by atoms with Crippen LogP contribution < -0.4 is 10.1 Å². The van der Waals surface area contributed by atoms with Gasteiger partial charge in [0.15, 0.2) is 0 Å². The third-order valence-corrected chi connectivity index (χ3v) is 3.65. The van der Waals surface area contributed by atoms with E-state index in [0.717, 1.165) is 22.1 Å². The molecule has 0 unspecified atom stereocenters. The molecule has 3 aromatic rings.